The molecule has 0 unspecified atom stereocenters. The molecule has 102 valence electrons. The second-order valence-corrected chi connectivity index (χ2v) is 3.76. The first kappa shape index (κ1) is 14.9. The maximum Gasteiger partial charge on any atom is 0.411 e. The molecule has 1 N–H and O–H groups in total. The van der Waals surface area contributed by atoms with Crippen LogP contribution in [0.5, 0.6) is 0 Å². The van der Waals surface area contributed by atoms with Crippen LogP contribution in [0.25, 0.3) is 0 Å². The highest BCUT2D eigenvalue weighted by molar-refractivity contribution is 5.17. The van der Waals surface area contributed by atoms with Crippen molar-refractivity contribution in [2.75, 3.05) is 26.3 Å². The van der Waals surface area contributed by atoms with E-state index < -0.39 is 12.8 Å². The Balaban J connectivity index is 2.04. The average Bonchev–Trinajstić information content (AvgIpc) is 2.28. The van der Waals surface area contributed by atoms with Gasteiger partial charge in [-0.05, 0) is 24.6 Å². The molecule has 18 heavy (non-hydrogen) atoms. The Morgan fingerprint density at radius 3 is 2.50 bits per heavy atom. The summed E-state index contributed by atoms with van der Waals surface area (Å²) in [6.07, 6.45) is -3.79. The van der Waals surface area contributed by atoms with E-state index in [1.165, 1.54) is 6.07 Å². The molecule has 0 aromatic heterocycles. The van der Waals surface area contributed by atoms with Crippen molar-refractivity contribution in [1.82, 2.24) is 5.32 Å². The van der Waals surface area contributed by atoms with Gasteiger partial charge in [0.1, 0.15) is 12.4 Å². The first-order valence-corrected chi connectivity index (χ1v) is 5.57. The monoisotopic (exact) mass is 265 g/mol. The highest BCUT2D eigenvalue weighted by Crippen LogP contribution is 2.13. The lowest BCUT2D eigenvalue weighted by Gasteiger charge is -2.08. The van der Waals surface area contributed by atoms with Crippen molar-refractivity contribution in [3.05, 3.63) is 35.6 Å². The number of alkyl halides is 3. The zero-order valence-electron chi connectivity index (χ0n) is 9.77. The number of benzene rings is 1. The fourth-order valence-corrected chi connectivity index (χ4v) is 1.38. The lowest BCUT2D eigenvalue weighted by atomic mass is 10.1. The molecule has 0 aliphatic rings. The third kappa shape index (κ3) is 6.56. The Hall–Kier alpha value is -1.14. The summed E-state index contributed by atoms with van der Waals surface area (Å²) in [5, 5.41) is 2.89. The smallest absolute Gasteiger partial charge is 0.371 e. The molecule has 0 radical (unpaired) electrons. The summed E-state index contributed by atoms with van der Waals surface area (Å²) >= 11 is 0. The minimum Gasteiger partial charge on any atom is -0.371 e. The van der Waals surface area contributed by atoms with Crippen molar-refractivity contribution >= 4 is 0 Å². The zero-order chi connectivity index (χ0) is 13.4. The normalized spacial score (nSPS) is 11.8. The van der Waals surface area contributed by atoms with E-state index in [1.807, 2.05) is 0 Å². The van der Waals surface area contributed by atoms with E-state index in [9.17, 15) is 17.6 Å². The molecule has 6 heteroatoms. The van der Waals surface area contributed by atoms with Gasteiger partial charge < -0.3 is 10.1 Å². The molecule has 0 fully saturated rings. The predicted octanol–water partition coefficient (Wildman–Crippen LogP) is 2.54. The molecule has 0 aliphatic heterocycles. The molecular weight excluding hydrogens is 250 g/mol. The number of nitrogens with one attached hydrogen (secondary N) is 1. The van der Waals surface area contributed by atoms with Crippen molar-refractivity contribution in [3.8, 4) is 0 Å². The second-order valence-electron chi connectivity index (χ2n) is 3.76. The summed E-state index contributed by atoms with van der Waals surface area (Å²) in [5.74, 6) is -0.271. The molecule has 0 aliphatic carbocycles. The van der Waals surface area contributed by atoms with Crippen LogP contribution < -0.4 is 5.32 Å². The number of halogens is 4. The van der Waals surface area contributed by atoms with Gasteiger partial charge >= 0.3 is 6.18 Å². The Morgan fingerprint density at radius 1 is 1.11 bits per heavy atom. The van der Waals surface area contributed by atoms with Crippen molar-refractivity contribution in [2.24, 2.45) is 0 Å². The third-order valence-electron chi connectivity index (χ3n) is 2.22. The Kier molecular flexibility index (Phi) is 6.07. The van der Waals surface area contributed by atoms with Crippen LogP contribution in [0.2, 0.25) is 0 Å². The lowest BCUT2D eigenvalue weighted by Crippen LogP contribution is -2.25. The predicted molar refractivity (Wildman–Crippen MR) is 59.8 cm³/mol. The highest BCUT2D eigenvalue weighted by atomic mass is 19.4. The number of hydrogen-bond donors (Lipinski definition) is 1. The van der Waals surface area contributed by atoms with Gasteiger partial charge in [-0.15, -0.1) is 0 Å². The van der Waals surface area contributed by atoms with E-state index in [1.54, 1.807) is 18.2 Å². The number of ether oxygens (including phenoxy) is 1. The number of hydrogen-bond acceptors (Lipinski definition) is 2. The second kappa shape index (κ2) is 7.33. The Bertz CT molecular complexity index is 354. The first-order chi connectivity index (χ1) is 8.49. The van der Waals surface area contributed by atoms with Crippen molar-refractivity contribution < 1.29 is 22.3 Å². The summed E-state index contributed by atoms with van der Waals surface area (Å²) in [5.41, 5.74) is 0.584. The topological polar surface area (TPSA) is 21.3 Å². The van der Waals surface area contributed by atoms with Crippen molar-refractivity contribution in [1.29, 1.82) is 0 Å². The van der Waals surface area contributed by atoms with Crippen LogP contribution in [0.4, 0.5) is 17.6 Å². The Labute approximate surface area is 103 Å². The molecule has 1 aromatic carbocycles. The fourth-order valence-electron chi connectivity index (χ4n) is 1.38. The summed E-state index contributed by atoms with van der Waals surface area (Å²) in [4.78, 5) is 0. The van der Waals surface area contributed by atoms with Gasteiger partial charge in [-0.25, -0.2) is 4.39 Å². The number of rotatable bonds is 7. The van der Waals surface area contributed by atoms with E-state index >= 15 is 0 Å². The van der Waals surface area contributed by atoms with E-state index in [0.717, 1.165) is 0 Å². The molecule has 2 nitrogen and oxygen atoms in total. The standard InChI is InChI=1S/C12H15F4NO/c13-11-4-2-1-3-10(11)5-6-17-7-8-18-9-12(14,15)16/h1-4,17H,5-9H2. The molecule has 0 spiro atoms. The van der Waals surface area contributed by atoms with Gasteiger partial charge in [0.15, 0.2) is 0 Å². The van der Waals surface area contributed by atoms with E-state index in [0.29, 0.717) is 25.1 Å². The summed E-state index contributed by atoms with van der Waals surface area (Å²) in [6.45, 7) is -0.445. The quantitative estimate of drug-likeness (QED) is 0.604. The van der Waals surface area contributed by atoms with Crippen LogP contribution in [-0.2, 0) is 11.2 Å². The van der Waals surface area contributed by atoms with Gasteiger partial charge in [0.05, 0.1) is 6.61 Å². The van der Waals surface area contributed by atoms with Crippen LogP contribution in [0.15, 0.2) is 24.3 Å². The third-order valence-corrected chi connectivity index (χ3v) is 2.22. The average molecular weight is 265 g/mol. The molecule has 0 heterocycles. The molecule has 0 saturated carbocycles. The van der Waals surface area contributed by atoms with Crippen LogP contribution in [0.1, 0.15) is 5.56 Å². The summed E-state index contributed by atoms with van der Waals surface area (Å²) < 4.78 is 52.7. The molecule has 1 rings (SSSR count). The van der Waals surface area contributed by atoms with E-state index in [2.05, 4.69) is 10.1 Å². The highest BCUT2D eigenvalue weighted by Gasteiger charge is 2.27. The molecule has 0 bridgehead atoms. The van der Waals surface area contributed by atoms with Gasteiger partial charge in [0.2, 0.25) is 0 Å². The van der Waals surface area contributed by atoms with Gasteiger partial charge in [0.25, 0.3) is 0 Å². The maximum atomic E-state index is 13.2. The minimum absolute atomic E-state index is 0.0171. The van der Waals surface area contributed by atoms with Crippen LogP contribution in [0.3, 0.4) is 0 Å². The van der Waals surface area contributed by atoms with Crippen LogP contribution >= 0.6 is 0 Å². The van der Waals surface area contributed by atoms with Gasteiger partial charge in [-0.1, -0.05) is 18.2 Å². The molecule has 1 aromatic rings. The molecular formula is C12H15F4NO. The lowest BCUT2D eigenvalue weighted by molar-refractivity contribution is -0.173. The first-order valence-electron chi connectivity index (χ1n) is 5.57. The fraction of sp³-hybridized carbons (Fsp3) is 0.500. The van der Waals surface area contributed by atoms with Crippen LogP contribution in [-0.4, -0.2) is 32.5 Å². The summed E-state index contributed by atoms with van der Waals surface area (Å²) in [7, 11) is 0. The van der Waals surface area contributed by atoms with E-state index in [-0.39, 0.29) is 12.4 Å². The largest absolute Gasteiger partial charge is 0.411 e. The van der Waals surface area contributed by atoms with E-state index in [4.69, 9.17) is 0 Å². The summed E-state index contributed by atoms with van der Waals surface area (Å²) in [6, 6.07) is 6.40. The molecule has 0 amide bonds. The van der Waals surface area contributed by atoms with Crippen molar-refractivity contribution in [2.45, 2.75) is 12.6 Å². The zero-order valence-corrected chi connectivity index (χ0v) is 9.77. The van der Waals surface area contributed by atoms with Crippen LogP contribution in [0, 0.1) is 5.82 Å². The van der Waals surface area contributed by atoms with Gasteiger partial charge in [-0.2, -0.15) is 13.2 Å². The van der Waals surface area contributed by atoms with Gasteiger partial charge in [0, 0.05) is 6.54 Å². The Morgan fingerprint density at radius 2 is 1.83 bits per heavy atom. The molecule has 0 saturated heterocycles. The van der Waals surface area contributed by atoms with Gasteiger partial charge in [-0.3, -0.25) is 0 Å². The minimum atomic E-state index is -4.28. The van der Waals surface area contributed by atoms with Crippen molar-refractivity contribution in [3.63, 3.8) is 0 Å². The SMILES string of the molecule is Fc1ccccc1CCNCCOCC(F)(F)F. The maximum absolute atomic E-state index is 13.2. The molecule has 0 atom stereocenters.